The topological polar surface area (TPSA) is 78.9 Å². The fourth-order valence-corrected chi connectivity index (χ4v) is 3.87. The number of aromatic nitrogens is 2. The van der Waals surface area contributed by atoms with Crippen molar-refractivity contribution in [2.75, 3.05) is 51.3 Å². The van der Waals surface area contributed by atoms with Gasteiger partial charge in [-0.1, -0.05) is 26.0 Å². The summed E-state index contributed by atoms with van der Waals surface area (Å²) < 4.78 is 5.47. The third-order valence-corrected chi connectivity index (χ3v) is 5.92. The highest BCUT2D eigenvalue weighted by atomic mass is 16.5. The zero-order valence-corrected chi connectivity index (χ0v) is 20.2. The number of carbonyl (C=O) groups excluding carboxylic acids is 2. The molecule has 8 nitrogen and oxygen atoms in total. The van der Waals surface area contributed by atoms with E-state index >= 15 is 0 Å². The van der Waals surface area contributed by atoms with E-state index in [1.807, 2.05) is 36.1 Å². The van der Waals surface area contributed by atoms with E-state index in [-0.39, 0.29) is 11.8 Å². The van der Waals surface area contributed by atoms with Gasteiger partial charge in [0.15, 0.2) is 0 Å². The number of hydrogen-bond acceptors (Lipinski definition) is 6. The van der Waals surface area contributed by atoms with Crippen molar-refractivity contribution in [1.29, 1.82) is 0 Å². The Labute approximate surface area is 196 Å². The van der Waals surface area contributed by atoms with Gasteiger partial charge in [0.25, 0.3) is 5.91 Å². The molecule has 1 aromatic heterocycles. The molecule has 0 spiro atoms. The lowest BCUT2D eigenvalue weighted by Crippen LogP contribution is -2.49. The number of methoxy groups -OCH3 is 1. The minimum absolute atomic E-state index is 0.0759. The Morgan fingerprint density at radius 2 is 1.79 bits per heavy atom. The first kappa shape index (κ1) is 24.5. The summed E-state index contributed by atoms with van der Waals surface area (Å²) >= 11 is 0. The minimum atomic E-state index is -0.169. The smallest absolute Gasteiger partial charge is 0.274 e. The van der Waals surface area contributed by atoms with Crippen LogP contribution >= 0.6 is 0 Å². The Balaban J connectivity index is 1.56. The number of benzene rings is 1. The fraction of sp³-hybridized carbons (Fsp3) is 0.520. The van der Waals surface area contributed by atoms with Crippen LogP contribution in [0.1, 0.15) is 42.9 Å². The van der Waals surface area contributed by atoms with Crippen LogP contribution in [0.15, 0.2) is 36.7 Å². The van der Waals surface area contributed by atoms with Gasteiger partial charge in [0, 0.05) is 51.9 Å². The van der Waals surface area contributed by atoms with Crippen molar-refractivity contribution in [3.8, 4) is 5.75 Å². The standard InChI is InChI=1S/C25H35N5O3/c1-19(2)9-11-30(25(32)21-18-26-20(3)17-27-21)12-10-24(31)29-15-13-28(14-16-29)22-7-5-6-8-23(22)33-4/h5-8,17-19H,9-16H2,1-4H3. The molecule has 1 aliphatic heterocycles. The molecule has 8 heteroatoms. The normalized spacial score (nSPS) is 13.8. The molecule has 1 aromatic carbocycles. The van der Waals surface area contributed by atoms with E-state index in [9.17, 15) is 9.59 Å². The maximum atomic E-state index is 13.0. The molecule has 0 aliphatic carbocycles. The summed E-state index contributed by atoms with van der Waals surface area (Å²) in [6.45, 7) is 9.88. The Morgan fingerprint density at radius 3 is 2.42 bits per heavy atom. The SMILES string of the molecule is COc1ccccc1N1CCN(C(=O)CCN(CCC(C)C)C(=O)c2cnc(C)cn2)CC1. The molecule has 1 aliphatic rings. The van der Waals surface area contributed by atoms with Crippen LogP contribution in [-0.2, 0) is 4.79 Å². The van der Waals surface area contributed by atoms with E-state index in [0.717, 1.165) is 36.6 Å². The van der Waals surface area contributed by atoms with E-state index in [1.54, 1.807) is 18.2 Å². The fourth-order valence-electron chi connectivity index (χ4n) is 3.87. The summed E-state index contributed by atoms with van der Waals surface area (Å²) in [5.74, 6) is 1.21. The molecular weight excluding hydrogens is 418 g/mol. The molecule has 178 valence electrons. The Kier molecular flexibility index (Phi) is 8.63. The van der Waals surface area contributed by atoms with Crippen LogP contribution < -0.4 is 9.64 Å². The molecule has 0 radical (unpaired) electrons. The van der Waals surface area contributed by atoms with Gasteiger partial charge in [0.1, 0.15) is 11.4 Å². The first-order valence-electron chi connectivity index (χ1n) is 11.6. The first-order valence-corrected chi connectivity index (χ1v) is 11.6. The Bertz CT molecular complexity index is 924. The second kappa shape index (κ2) is 11.6. The molecule has 1 fully saturated rings. The molecule has 2 heterocycles. The third kappa shape index (κ3) is 6.66. The summed E-state index contributed by atoms with van der Waals surface area (Å²) in [5.41, 5.74) is 2.14. The third-order valence-electron chi connectivity index (χ3n) is 5.92. The van der Waals surface area contributed by atoms with Gasteiger partial charge in [-0.2, -0.15) is 0 Å². The molecule has 3 rings (SSSR count). The number of ether oxygens (including phenoxy) is 1. The van der Waals surface area contributed by atoms with Crippen molar-refractivity contribution in [2.24, 2.45) is 5.92 Å². The van der Waals surface area contributed by atoms with E-state index in [4.69, 9.17) is 4.74 Å². The van der Waals surface area contributed by atoms with Crippen molar-refractivity contribution < 1.29 is 14.3 Å². The van der Waals surface area contributed by atoms with Crippen LogP contribution in [0.25, 0.3) is 0 Å². The van der Waals surface area contributed by atoms with E-state index < -0.39 is 0 Å². The molecular formula is C25H35N5O3. The second-order valence-electron chi connectivity index (χ2n) is 8.81. The van der Waals surface area contributed by atoms with Gasteiger partial charge in [-0.05, 0) is 31.4 Å². The van der Waals surface area contributed by atoms with Crippen LogP contribution in [-0.4, -0.2) is 78.0 Å². The predicted octanol–water partition coefficient (Wildman–Crippen LogP) is 3.02. The van der Waals surface area contributed by atoms with Crippen molar-refractivity contribution in [3.63, 3.8) is 0 Å². The maximum Gasteiger partial charge on any atom is 0.274 e. The van der Waals surface area contributed by atoms with Crippen molar-refractivity contribution in [1.82, 2.24) is 19.8 Å². The monoisotopic (exact) mass is 453 g/mol. The van der Waals surface area contributed by atoms with Gasteiger partial charge in [0.05, 0.1) is 24.7 Å². The minimum Gasteiger partial charge on any atom is -0.495 e. The zero-order valence-electron chi connectivity index (χ0n) is 20.2. The molecule has 33 heavy (non-hydrogen) atoms. The number of carbonyl (C=O) groups is 2. The van der Waals surface area contributed by atoms with Gasteiger partial charge < -0.3 is 19.4 Å². The van der Waals surface area contributed by atoms with E-state index in [1.165, 1.54) is 6.20 Å². The lowest BCUT2D eigenvalue weighted by molar-refractivity contribution is -0.131. The number of nitrogens with zero attached hydrogens (tertiary/aromatic N) is 5. The molecule has 2 aromatic rings. The van der Waals surface area contributed by atoms with Crippen LogP contribution in [0.3, 0.4) is 0 Å². The second-order valence-corrected chi connectivity index (χ2v) is 8.81. The molecule has 0 N–H and O–H groups in total. The van der Waals surface area contributed by atoms with E-state index in [2.05, 4.69) is 28.7 Å². The number of rotatable bonds is 9. The molecule has 0 saturated carbocycles. The first-order chi connectivity index (χ1) is 15.9. The average Bonchev–Trinajstić information content (AvgIpc) is 2.84. The predicted molar refractivity (Wildman–Crippen MR) is 129 cm³/mol. The van der Waals surface area contributed by atoms with Gasteiger partial charge in [-0.3, -0.25) is 14.6 Å². The van der Waals surface area contributed by atoms with Crippen LogP contribution in [0, 0.1) is 12.8 Å². The number of anilines is 1. The number of hydrogen-bond donors (Lipinski definition) is 0. The Morgan fingerprint density at radius 1 is 1.06 bits per heavy atom. The van der Waals surface area contributed by atoms with Crippen molar-refractivity contribution in [2.45, 2.75) is 33.6 Å². The van der Waals surface area contributed by atoms with Gasteiger partial charge in [0.2, 0.25) is 5.91 Å². The summed E-state index contributed by atoms with van der Waals surface area (Å²) in [4.78, 5) is 40.2. The zero-order chi connectivity index (χ0) is 23.8. The number of amides is 2. The summed E-state index contributed by atoms with van der Waals surface area (Å²) in [6.07, 6.45) is 4.29. The number of piperazine rings is 1. The maximum absolute atomic E-state index is 13.0. The van der Waals surface area contributed by atoms with E-state index in [0.29, 0.717) is 44.2 Å². The number of para-hydroxylation sites is 2. The van der Waals surface area contributed by atoms with Crippen LogP contribution in [0.5, 0.6) is 5.75 Å². The quantitative estimate of drug-likeness (QED) is 0.581. The van der Waals surface area contributed by atoms with Crippen molar-refractivity contribution >= 4 is 17.5 Å². The molecule has 0 atom stereocenters. The highest BCUT2D eigenvalue weighted by Gasteiger charge is 2.24. The molecule has 1 saturated heterocycles. The number of aryl methyl sites for hydroxylation is 1. The molecule has 2 amide bonds. The molecule has 0 bridgehead atoms. The average molecular weight is 454 g/mol. The lowest BCUT2D eigenvalue weighted by Gasteiger charge is -2.37. The van der Waals surface area contributed by atoms with Gasteiger partial charge >= 0.3 is 0 Å². The van der Waals surface area contributed by atoms with Crippen LogP contribution in [0.4, 0.5) is 5.69 Å². The molecule has 0 unspecified atom stereocenters. The van der Waals surface area contributed by atoms with Gasteiger partial charge in [-0.15, -0.1) is 0 Å². The van der Waals surface area contributed by atoms with Crippen LogP contribution in [0.2, 0.25) is 0 Å². The summed E-state index contributed by atoms with van der Waals surface area (Å²) in [6, 6.07) is 7.95. The van der Waals surface area contributed by atoms with Gasteiger partial charge in [-0.25, -0.2) is 4.98 Å². The van der Waals surface area contributed by atoms with Crippen molar-refractivity contribution in [3.05, 3.63) is 48.0 Å². The summed E-state index contributed by atoms with van der Waals surface area (Å²) in [5, 5.41) is 0. The summed E-state index contributed by atoms with van der Waals surface area (Å²) in [7, 11) is 1.67. The Hall–Kier alpha value is -3.16. The highest BCUT2D eigenvalue weighted by Crippen LogP contribution is 2.28. The largest absolute Gasteiger partial charge is 0.495 e. The highest BCUT2D eigenvalue weighted by molar-refractivity contribution is 5.92. The lowest BCUT2D eigenvalue weighted by atomic mass is 10.1.